The van der Waals surface area contributed by atoms with E-state index in [0.29, 0.717) is 0 Å². The van der Waals surface area contributed by atoms with Gasteiger partial charge >= 0.3 is 0 Å². The lowest BCUT2D eigenvalue weighted by atomic mass is 10.0. The first-order valence-electron chi connectivity index (χ1n) is 6.93. The van der Waals surface area contributed by atoms with Gasteiger partial charge in [-0.25, -0.2) is 0 Å². The molecule has 0 unspecified atom stereocenters. The third-order valence-electron chi connectivity index (χ3n) is 3.67. The normalized spacial score (nSPS) is 16.8. The Hall–Kier alpha value is -1.06. The largest absolute Gasteiger partial charge is 0.496 e. The van der Waals surface area contributed by atoms with Crippen molar-refractivity contribution in [2.45, 2.75) is 19.8 Å². The lowest BCUT2D eigenvalue weighted by Crippen LogP contribution is -2.44. The summed E-state index contributed by atoms with van der Waals surface area (Å²) in [5.41, 5.74) is 2.66. The van der Waals surface area contributed by atoms with E-state index in [1.165, 1.54) is 11.1 Å². The van der Waals surface area contributed by atoms with Gasteiger partial charge in [-0.3, -0.25) is 0 Å². The molecule has 0 aromatic heterocycles. The molecule has 1 fully saturated rings. The molecule has 1 aromatic carbocycles. The van der Waals surface area contributed by atoms with Gasteiger partial charge in [-0.05, 0) is 24.0 Å². The summed E-state index contributed by atoms with van der Waals surface area (Å²) < 4.78 is 5.58. The van der Waals surface area contributed by atoms with Gasteiger partial charge in [-0.2, -0.15) is 0 Å². The van der Waals surface area contributed by atoms with E-state index in [1.807, 2.05) is 0 Å². The zero-order valence-corrected chi connectivity index (χ0v) is 11.5. The van der Waals surface area contributed by atoms with Gasteiger partial charge in [-0.15, -0.1) is 0 Å². The van der Waals surface area contributed by atoms with Crippen LogP contribution in [0.5, 0.6) is 5.75 Å². The highest BCUT2D eigenvalue weighted by molar-refractivity contribution is 5.41. The molecular weight excluding hydrogens is 224 g/mol. The molecule has 3 nitrogen and oxygen atoms in total. The molecule has 0 bridgehead atoms. The second-order valence-electron chi connectivity index (χ2n) is 4.80. The van der Waals surface area contributed by atoms with Crippen molar-refractivity contribution >= 4 is 0 Å². The number of rotatable bonds is 5. The third kappa shape index (κ3) is 3.24. The number of nitrogens with zero attached hydrogens (tertiary/aromatic N) is 1. The van der Waals surface area contributed by atoms with Crippen LogP contribution < -0.4 is 10.1 Å². The Morgan fingerprint density at radius 1 is 1.22 bits per heavy atom. The molecule has 2 rings (SSSR count). The molecule has 0 saturated carbocycles. The maximum Gasteiger partial charge on any atom is 0.125 e. The molecule has 1 N–H and O–H groups in total. The standard InChI is InChI=1S/C15H24N2O/c1-3-13-5-4-6-14(15(13)18-2)7-10-17-11-8-16-9-12-17/h4-6,16H,3,7-12H2,1-2H3. The molecule has 1 aliphatic rings. The van der Waals surface area contributed by atoms with E-state index in [9.17, 15) is 0 Å². The summed E-state index contributed by atoms with van der Waals surface area (Å²) in [7, 11) is 1.78. The van der Waals surface area contributed by atoms with E-state index in [0.717, 1.165) is 51.3 Å². The van der Waals surface area contributed by atoms with Crippen LogP contribution in [0.3, 0.4) is 0 Å². The fourth-order valence-corrected chi connectivity index (χ4v) is 2.59. The lowest BCUT2D eigenvalue weighted by molar-refractivity contribution is 0.243. The second kappa shape index (κ2) is 6.76. The molecule has 1 heterocycles. The van der Waals surface area contributed by atoms with Crippen LogP contribution in [0.25, 0.3) is 0 Å². The molecule has 1 aromatic rings. The van der Waals surface area contributed by atoms with E-state index in [2.05, 4.69) is 35.3 Å². The highest BCUT2D eigenvalue weighted by Gasteiger charge is 2.12. The lowest BCUT2D eigenvalue weighted by Gasteiger charge is -2.27. The molecular formula is C15H24N2O. The van der Waals surface area contributed by atoms with Crippen LogP contribution in [0.2, 0.25) is 0 Å². The fourth-order valence-electron chi connectivity index (χ4n) is 2.59. The Bertz CT molecular complexity index is 373. The Morgan fingerprint density at radius 2 is 1.94 bits per heavy atom. The molecule has 0 radical (unpaired) electrons. The number of nitrogens with one attached hydrogen (secondary N) is 1. The number of methoxy groups -OCH3 is 1. The number of benzene rings is 1. The van der Waals surface area contributed by atoms with Crippen molar-refractivity contribution < 1.29 is 4.74 Å². The monoisotopic (exact) mass is 248 g/mol. The van der Waals surface area contributed by atoms with Crippen LogP contribution in [0.15, 0.2) is 18.2 Å². The summed E-state index contributed by atoms with van der Waals surface area (Å²) in [6.45, 7) is 7.87. The summed E-state index contributed by atoms with van der Waals surface area (Å²) in [4.78, 5) is 2.52. The van der Waals surface area contributed by atoms with Gasteiger partial charge in [0.05, 0.1) is 7.11 Å². The maximum absolute atomic E-state index is 5.58. The summed E-state index contributed by atoms with van der Waals surface area (Å²) in [6.07, 6.45) is 2.11. The summed E-state index contributed by atoms with van der Waals surface area (Å²) in [5, 5.41) is 3.39. The highest BCUT2D eigenvalue weighted by Crippen LogP contribution is 2.24. The Morgan fingerprint density at radius 3 is 2.61 bits per heavy atom. The average Bonchev–Trinajstić information content (AvgIpc) is 2.45. The van der Waals surface area contributed by atoms with Crippen molar-refractivity contribution in [3.05, 3.63) is 29.3 Å². The molecule has 100 valence electrons. The van der Waals surface area contributed by atoms with Crippen molar-refractivity contribution in [1.82, 2.24) is 10.2 Å². The van der Waals surface area contributed by atoms with Crippen LogP contribution in [0, 0.1) is 0 Å². The van der Waals surface area contributed by atoms with E-state index >= 15 is 0 Å². The molecule has 1 saturated heterocycles. The highest BCUT2D eigenvalue weighted by atomic mass is 16.5. The minimum Gasteiger partial charge on any atom is -0.496 e. The third-order valence-corrected chi connectivity index (χ3v) is 3.67. The zero-order valence-electron chi connectivity index (χ0n) is 11.5. The Balaban J connectivity index is 1.99. The second-order valence-corrected chi connectivity index (χ2v) is 4.80. The van der Waals surface area contributed by atoms with Gasteiger partial charge in [-0.1, -0.05) is 25.1 Å². The predicted molar refractivity (Wildman–Crippen MR) is 75.4 cm³/mol. The first-order valence-corrected chi connectivity index (χ1v) is 6.93. The van der Waals surface area contributed by atoms with Crippen LogP contribution >= 0.6 is 0 Å². The minimum atomic E-state index is 1.03. The smallest absolute Gasteiger partial charge is 0.125 e. The number of aryl methyl sites for hydroxylation is 1. The quantitative estimate of drug-likeness (QED) is 0.858. The number of ether oxygens (including phenoxy) is 1. The van der Waals surface area contributed by atoms with E-state index < -0.39 is 0 Å². The Labute approximate surface area is 110 Å². The van der Waals surface area contributed by atoms with E-state index in [1.54, 1.807) is 7.11 Å². The number of para-hydroxylation sites is 1. The molecule has 0 atom stereocenters. The van der Waals surface area contributed by atoms with Crippen LogP contribution in [0.1, 0.15) is 18.1 Å². The average molecular weight is 248 g/mol. The van der Waals surface area contributed by atoms with Crippen molar-refractivity contribution in [3.63, 3.8) is 0 Å². The van der Waals surface area contributed by atoms with Gasteiger partial charge in [0.15, 0.2) is 0 Å². The van der Waals surface area contributed by atoms with Crippen molar-refractivity contribution in [1.29, 1.82) is 0 Å². The minimum absolute atomic E-state index is 1.03. The summed E-state index contributed by atoms with van der Waals surface area (Å²) >= 11 is 0. The first kappa shape index (κ1) is 13.4. The van der Waals surface area contributed by atoms with Gasteiger partial charge in [0.1, 0.15) is 5.75 Å². The predicted octanol–water partition coefficient (Wildman–Crippen LogP) is 1.71. The van der Waals surface area contributed by atoms with Gasteiger partial charge < -0.3 is 15.0 Å². The molecule has 0 spiro atoms. The van der Waals surface area contributed by atoms with Crippen LogP contribution in [-0.4, -0.2) is 44.7 Å². The van der Waals surface area contributed by atoms with Crippen LogP contribution in [0.4, 0.5) is 0 Å². The van der Waals surface area contributed by atoms with Gasteiger partial charge in [0.25, 0.3) is 0 Å². The topological polar surface area (TPSA) is 24.5 Å². The molecule has 0 aliphatic carbocycles. The van der Waals surface area contributed by atoms with E-state index in [-0.39, 0.29) is 0 Å². The van der Waals surface area contributed by atoms with Crippen LogP contribution in [-0.2, 0) is 12.8 Å². The number of piperazine rings is 1. The SMILES string of the molecule is CCc1cccc(CCN2CCNCC2)c1OC. The number of hydrogen-bond donors (Lipinski definition) is 1. The van der Waals surface area contributed by atoms with Crippen molar-refractivity contribution in [2.24, 2.45) is 0 Å². The Kier molecular flexibility index (Phi) is 5.02. The summed E-state index contributed by atoms with van der Waals surface area (Å²) in [5.74, 6) is 1.09. The van der Waals surface area contributed by atoms with Crippen molar-refractivity contribution in [3.8, 4) is 5.75 Å². The van der Waals surface area contributed by atoms with Gasteiger partial charge in [0, 0.05) is 32.7 Å². The fraction of sp³-hybridized carbons (Fsp3) is 0.600. The molecule has 18 heavy (non-hydrogen) atoms. The molecule has 0 amide bonds. The summed E-state index contributed by atoms with van der Waals surface area (Å²) in [6, 6.07) is 6.50. The molecule has 1 aliphatic heterocycles. The first-order chi connectivity index (χ1) is 8.85. The zero-order chi connectivity index (χ0) is 12.8. The molecule has 3 heteroatoms. The maximum atomic E-state index is 5.58. The number of hydrogen-bond acceptors (Lipinski definition) is 3. The van der Waals surface area contributed by atoms with Crippen molar-refractivity contribution in [2.75, 3.05) is 39.8 Å². The van der Waals surface area contributed by atoms with E-state index in [4.69, 9.17) is 4.74 Å². The van der Waals surface area contributed by atoms with Gasteiger partial charge in [0.2, 0.25) is 0 Å².